The first kappa shape index (κ1) is 23.2. The van der Waals surface area contributed by atoms with E-state index in [2.05, 4.69) is 12.1 Å². The molecule has 0 bridgehead atoms. The van der Waals surface area contributed by atoms with Gasteiger partial charge in [-0.05, 0) is 42.5 Å². The van der Waals surface area contributed by atoms with Gasteiger partial charge in [0, 0.05) is 21.5 Å². The molecular weight excluding hydrogens is 504 g/mol. The highest BCUT2D eigenvalue weighted by molar-refractivity contribution is 6.26. The van der Waals surface area contributed by atoms with Gasteiger partial charge in [-0.15, -0.1) is 0 Å². The van der Waals surface area contributed by atoms with Gasteiger partial charge in [0.1, 0.15) is 29.5 Å². The first-order chi connectivity index (χ1) is 19.6. The van der Waals surface area contributed by atoms with Crippen LogP contribution in [0.4, 0.5) is 8.78 Å². The van der Waals surface area contributed by atoms with Crippen LogP contribution in [-0.4, -0.2) is 9.13 Å². The van der Waals surface area contributed by atoms with Gasteiger partial charge in [0.05, 0.1) is 50.5 Å². The second-order valence-electron chi connectivity index (χ2n) is 9.39. The third-order valence-electron chi connectivity index (χ3n) is 7.33. The molecule has 2 aromatic heterocycles. The number of para-hydroxylation sites is 3. The summed E-state index contributed by atoms with van der Waals surface area (Å²) in [6.45, 7) is 0. The van der Waals surface area contributed by atoms with E-state index in [0.717, 1.165) is 21.7 Å². The van der Waals surface area contributed by atoms with Crippen molar-refractivity contribution < 1.29 is 8.78 Å². The van der Waals surface area contributed by atoms with Crippen LogP contribution in [0.5, 0.6) is 0 Å². The zero-order valence-corrected chi connectivity index (χ0v) is 20.7. The fraction of sp³-hybridized carbons (Fsp3) is 0. The largest absolute Gasteiger partial charge is 0.306 e. The van der Waals surface area contributed by atoms with Crippen molar-refractivity contribution in [2.75, 3.05) is 0 Å². The van der Waals surface area contributed by atoms with E-state index in [1.807, 2.05) is 71.3 Å². The number of rotatable bonds is 2. The van der Waals surface area contributed by atoms with Crippen molar-refractivity contribution in [1.29, 1.82) is 15.8 Å². The van der Waals surface area contributed by atoms with Gasteiger partial charge in [-0.3, -0.25) is 0 Å². The summed E-state index contributed by atoms with van der Waals surface area (Å²) >= 11 is 0. The molecule has 7 heteroatoms. The highest BCUT2D eigenvalue weighted by atomic mass is 19.1. The quantitative estimate of drug-likeness (QED) is 0.234. The number of nitrogens with zero attached hydrogens (tertiary/aromatic N) is 5. The van der Waals surface area contributed by atoms with E-state index in [1.54, 1.807) is 4.57 Å². The van der Waals surface area contributed by atoms with Crippen LogP contribution in [0.3, 0.4) is 0 Å². The van der Waals surface area contributed by atoms with Gasteiger partial charge in [0.2, 0.25) is 0 Å². The zero-order valence-electron chi connectivity index (χ0n) is 20.7. The third kappa shape index (κ3) is 3.02. The van der Waals surface area contributed by atoms with Crippen molar-refractivity contribution in [2.45, 2.75) is 0 Å². The first-order valence-electron chi connectivity index (χ1n) is 12.4. The van der Waals surface area contributed by atoms with Crippen molar-refractivity contribution in [3.05, 3.63) is 119 Å². The van der Waals surface area contributed by atoms with Gasteiger partial charge in [0.15, 0.2) is 0 Å². The molecule has 0 radical (unpaired) electrons. The topological polar surface area (TPSA) is 81.2 Å². The van der Waals surface area contributed by atoms with Gasteiger partial charge in [-0.1, -0.05) is 48.5 Å². The van der Waals surface area contributed by atoms with Crippen LogP contribution in [0.15, 0.2) is 91.0 Å². The Morgan fingerprint density at radius 1 is 0.525 bits per heavy atom. The standard InChI is InChI=1S/C33H15F2N5/c34-25-8-5-9-26(35)33(25)39-28-11-4-2-7-24(28)30-29(39)13-12-23-22-6-1-3-10-27(22)40(32(23)30)31-20(17-37)14-19(16-36)15-21(31)18-38/h1-15H. The number of fused-ring (bicyclic) bond motifs is 7. The van der Waals surface area contributed by atoms with Gasteiger partial charge in [-0.25, -0.2) is 8.78 Å². The summed E-state index contributed by atoms with van der Waals surface area (Å²) in [7, 11) is 0. The van der Waals surface area contributed by atoms with Gasteiger partial charge < -0.3 is 9.13 Å². The van der Waals surface area contributed by atoms with Crippen molar-refractivity contribution in [2.24, 2.45) is 0 Å². The maximum Gasteiger partial charge on any atom is 0.150 e. The molecule has 0 unspecified atom stereocenters. The minimum atomic E-state index is -0.700. The van der Waals surface area contributed by atoms with E-state index in [0.29, 0.717) is 27.6 Å². The summed E-state index contributed by atoms with van der Waals surface area (Å²) in [4.78, 5) is 0. The monoisotopic (exact) mass is 519 g/mol. The lowest BCUT2D eigenvalue weighted by Crippen LogP contribution is -2.03. The van der Waals surface area contributed by atoms with E-state index >= 15 is 8.78 Å². The van der Waals surface area contributed by atoms with Gasteiger partial charge in [0.25, 0.3) is 0 Å². The predicted molar refractivity (Wildman–Crippen MR) is 149 cm³/mol. The van der Waals surface area contributed by atoms with Crippen LogP contribution in [0.25, 0.3) is 55.0 Å². The van der Waals surface area contributed by atoms with Crippen molar-refractivity contribution in [3.8, 4) is 29.6 Å². The molecule has 0 amide bonds. The van der Waals surface area contributed by atoms with E-state index in [4.69, 9.17) is 0 Å². The molecule has 0 N–H and O–H groups in total. The summed E-state index contributed by atoms with van der Waals surface area (Å²) in [6, 6.07) is 31.8. The Morgan fingerprint density at radius 3 is 1.75 bits per heavy atom. The predicted octanol–water partition coefficient (Wildman–Crippen LogP) is 7.77. The van der Waals surface area contributed by atoms with Gasteiger partial charge >= 0.3 is 0 Å². The SMILES string of the molecule is N#Cc1cc(C#N)c(-n2c3ccccc3c3ccc4c(c5ccccc5n4-c4c(F)cccc4F)c32)c(C#N)c1. The smallest absolute Gasteiger partial charge is 0.150 e. The molecule has 40 heavy (non-hydrogen) atoms. The van der Waals surface area contributed by atoms with Crippen LogP contribution in [0, 0.1) is 45.6 Å². The van der Waals surface area contributed by atoms with Crippen LogP contribution < -0.4 is 0 Å². The fourth-order valence-electron chi connectivity index (χ4n) is 5.79. The minimum Gasteiger partial charge on any atom is -0.306 e. The molecule has 0 fully saturated rings. The Labute approximate surface area is 226 Å². The van der Waals surface area contributed by atoms with Crippen LogP contribution in [0.2, 0.25) is 0 Å². The second-order valence-corrected chi connectivity index (χ2v) is 9.39. The Kier molecular flexibility index (Phi) is 4.94. The van der Waals surface area contributed by atoms with Crippen LogP contribution in [-0.2, 0) is 0 Å². The molecule has 7 aromatic rings. The molecule has 0 atom stereocenters. The molecule has 0 aliphatic heterocycles. The highest BCUT2D eigenvalue weighted by Crippen LogP contribution is 2.43. The molecule has 5 nitrogen and oxygen atoms in total. The number of halogens is 2. The maximum absolute atomic E-state index is 15.2. The van der Waals surface area contributed by atoms with E-state index in [-0.39, 0.29) is 22.4 Å². The van der Waals surface area contributed by atoms with Crippen molar-refractivity contribution >= 4 is 43.6 Å². The van der Waals surface area contributed by atoms with Crippen LogP contribution in [0.1, 0.15) is 16.7 Å². The molecule has 0 saturated carbocycles. The lowest BCUT2D eigenvalue weighted by Gasteiger charge is -2.13. The summed E-state index contributed by atoms with van der Waals surface area (Å²) in [5.74, 6) is -1.40. The number of benzene rings is 5. The summed E-state index contributed by atoms with van der Waals surface area (Å²) in [5, 5.41) is 33.0. The second kappa shape index (κ2) is 8.53. The minimum absolute atomic E-state index is 0.166. The third-order valence-corrected chi connectivity index (χ3v) is 7.33. The molecule has 2 heterocycles. The molecule has 7 rings (SSSR count). The summed E-state index contributed by atoms with van der Waals surface area (Å²) < 4.78 is 33.8. The van der Waals surface area contributed by atoms with Crippen molar-refractivity contribution in [1.82, 2.24) is 9.13 Å². The average molecular weight is 520 g/mol. The molecular formula is C33H15F2N5. The fourth-order valence-corrected chi connectivity index (χ4v) is 5.79. The van der Waals surface area contributed by atoms with E-state index in [1.165, 1.54) is 30.3 Å². The number of nitriles is 3. The lowest BCUT2D eigenvalue weighted by molar-refractivity contribution is 0.573. The molecule has 0 spiro atoms. The van der Waals surface area contributed by atoms with Crippen LogP contribution >= 0.6 is 0 Å². The highest BCUT2D eigenvalue weighted by Gasteiger charge is 2.25. The zero-order chi connectivity index (χ0) is 27.5. The number of hydrogen-bond donors (Lipinski definition) is 0. The Hall–Kier alpha value is -5.97. The molecule has 186 valence electrons. The van der Waals surface area contributed by atoms with E-state index < -0.39 is 11.6 Å². The normalized spacial score (nSPS) is 11.2. The molecule has 0 saturated heterocycles. The van der Waals surface area contributed by atoms with Crippen molar-refractivity contribution in [3.63, 3.8) is 0 Å². The summed E-state index contributed by atoms with van der Waals surface area (Å²) in [5.41, 5.74) is 3.28. The maximum atomic E-state index is 15.2. The Morgan fingerprint density at radius 2 is 1.12 bits per heavy atom. The average Bonchev–Trinajstić information content (AvgIpc) is 3.49. The molecule has 0 aliphatic rings. The lowest BCUT2D eigenvalue weighted by atomic mass is 10.0. The first-order valence-corrected chi connectivity index (χ1v) is 12.4. The number of aromatic nitrogens is 2. The van der Waals surface area contributed by atoms with E-state index in [9.17, 15) is 15.8 Å². The Balaban J connectivity index is 1.78. The summed E-state index contributed by atoms with van der Waals surface area (Å²) in [6.07, 6.45) is 0. The molecule has 5 aromatic carbocycles. The van der Waals surface area contributed by atoms with Gasteiger partial charge in [-0.2, -0.15) is 15.8 Å². The Bertz CT molecular complexity index is 2280. The molecule has 0 aliphatic carbocycles. The number of hydrogen-bond acceptors (Lipinski definition) is 3.